The summed E-state index contributed by atoms with van der Waals surface area (Å²) in [6.07, 6.45) is 2.29. The Labute approximate surface area is 115 Å². The first-order valence-corrected chi connectivity index (χ1v) is 7.15. The Morgan fingerprint density at radius 3 is 2.89 bits per heavy atom. The van der Waals surface area contributed by atoms with E-state index in [4.69, 9.17) is 0 Å². The van der Waals surface area contributed by atoms with Crippen molar-refractivity contribution in [3.05, 3.63) is 5.82 Å². The molecule has 0 aliphatic heterocycles. The number of rotatable bonds is 5. The van der Waals surface area contributed by atoms with Gasteiger partial charge in [-0.15, -0.1) is 5.10 Å². The molecular weight excluding hydrogens is 266 g/mol. The zero-order valence-electron chi connectivity index (χ0n) is 10.9. The highest BCUT2D eigenvalue weighted by atomic mass is 32.2. The molecule has 1 fully saturated rings. The van der Waals surface area contributed by atoms with Gasteiger partial charge in [0, 0.05) is 12.5 Å². The van der Waals surface area contributed by atoms with Crippen molar-refractivity contribution in [2.24, 2.45) is 0 Å². The fourth-order valence-electron chi connectivity index (χ4n) is 1.48. The third-order valence-corrected chi connectivity index (χ3v) is 3.63. The molecule has 1 unspecified atom stereocenters. The van der Waals surface area contributed by atoms with Gasteiger partial charge in [0.1, 0.15) is 5.82 Å². The van der Waals surface area contributed by atoms with Gasteiger partial charge in [0.05, 0.1) is 5.25 Å². The Kier molecular flexibility index (Phi) is 4.41. The summed E-state index contributed by atoms with van der Waals surface area (Å²) in [5, 5.41) is 11.8. The molecule has 0 radical (unpaired) electrons. The molecular formula is C11H17N5O2S. The molecule has 1 saturated carbocycles. The summed E-state index contributed by atoms with van der Waals surface area (Å²) < 4.78 is 0. The summed E-state index contributed by atoms with van der Waals surface area (Å²) in [6.45, 7) is 3.98. The summed E-state index contributed by atoms with van der Waals surface area (Å²) in [4.78, 5) is 27.3. The van der Waals surface area contributed by atoms with Gasteiger partial charge in [-0.2, -0.15) is 0 Å². The molecule has 104 valence electrons. The van der Waals surface area contributed by atoms with Gasteiger partial charge in [0.2, 0.25) is 11.1 Å². The number of hydrogen-bond donors (Lipinski definition) is 3. The molecule has 0 spiro atoms. The van der Waals surface area contributed by atoms with E-state index in [0.717, 1.165) is 18.7 Å². The molecule has 1 aliphatic carbocycles. The second kappa shape index (κ2) is 6.05. The van der Waals surface area contributed by atoms with Crippen LogP contribution in [0.15, 0.2) is 5.16 Å². The SMILES string of the molecule is CCNC(=O)NC(=O)C(C)Sc1n[nH]c(C2CC2)n1. The molecule has 1 aliphatic rings. The highest BCUT2D eigenvalue weighted by molar-refractivity contribution is 8.00. The summed E-state index contributed by atoms with van der Waals surface area (Å²) in [5.74, 6) is 1.04. The molecule has 3 amide bonds. The Bertz CT molecular complexity index is 471. The maximum Gasteiger partial charge on any atom is 0.321 e. The Morgan fingerprint density at radius 1 is 1.53 bits per heavy atom. The number of H-pyrrole nitrogens is 1. The number of aromatic amines is 1. The number of thioether (sulfide) groups is 1. The van der Waals surface area contributed by atoms with Crippen molar-refractivity contribution < 1.29 is 9.59 Å². The van der Waals surface area contributed by atoms with Crippen LogP contribution in [0.1, 0.15) is 38.4 Å². The van der Waals surface area contributed by atoms with Gasteiger partial charge in [-0.25, -0.2) is 9.78 Å². The van der Waals surface area contributed by atoms with Gasteiger partial charge >= 0.3 is 6.03 Å². The summed E-state index contributed by atoms with van der Waals surface area (Å²) >= 11 is 1.23. The van der Waals surface area contributed by atoms with Crippen LogP contribution in [0.3, 0.4) is 0 Å². The standard InChI is InChI=1S/C11H17N5O2S/c1-3-12-10(18)14-9(17)6(2)19-11-13-8(15-16-11)7-4-5-7/h6-7H,3-5H2,1-2H3,(H,13,15,16)(H2,12,14,17,18). The van der Waals surface area contributed by atoms with Crippen molar-refractivity contribution in [3.63, 3.8) is 0 Å². The highest BCUT2D eigenvalue weighted by Gasteiger charge is 2.28. The quantitative estimate of drug-likeness (QED) is 0.700. The van der Waals surface area contributed by atoms with Crippen LogP contribution in [0.4, 0.5) is 4.79 Å². The second-order valence-corrected chi connectivity index (χ2v) is 5.69. The van der Waals surface area contributed by atoms with Crippen molar-refractivity contribution >= 4 is 23.7 Å². The van der Waals surface area contributed by atoms with Crippen LogP contribution in [0.5, 0.6) is 0 Å². The smallest absolute Gasteiger partial charge is 0.321 e. The maximum absolute atomic E-state index is 11.7. The first-order chi connectivity index (χ1) is 9.10. The summed E-state index contributed by atoms with van der Waals surface area (Å²) in [7, 11) is 0. The maximum atomic E-state index is 11.7. The fourth-order valence-corrected chi connectivity index (χ4v) is 2.21. The Hall–Kier alpha value is -1.57. The minimum Gasteiger partial charge on any atom is -0.338 e. The van der Waals surface area contributed by atoms with Gasteiger partial charge in [-0.05, 0) is 26.7 Å². The number of nitrogens with zero attached hydrogens (tertiary/aromatic N) is 2. The normalized spacial score (nSPS) is 15.9. The van der Waals surface area contributed by atoms with Crippen molar-refractivity contribution in [2.45, 2.75) is 43.0 Å². The zero-order valence-corrected chi connectivity index (χ0v) is 11.7. The van der Waals surface area contributed by atoms with Crippen LogP contribution in [0, 0.1) is 0 Å². The second-order valence-electron chi connectivity index (χ2n) is 4.39. The van der Waals surface area contributed by atoms with E-state index in [1.807, 2.05) is 0 Å². The van der Waals surface area contributed by atoms with E-state index in [1.165, 1.54) is 11.8 Å². The molecule has 0 saturated heterocycles. The number of carbonyl (C=O) groups is 2. The van der Waals surface area contributed by atoms with E-state index < -0.39 is 11.3 Å². The Morgan fingerprint density at radius 2 is 2.26 bits per heavy atom. The molecule has 1 heterocycles. The van der Waals surface area contributed by atoms with Crippen LogP contribution in [-0.4, -0.2) is 38.9 Å². The molecule has 8 heteroatoms. The average molecular weight is 283 g/mol. The molecule has 0 bridgehead atoms. The number of hydrogen-bond acceptors (Lipinski definition) is 5. The zero-order chi connectivity index (χ0) is 13.8. The van der Waals surface area contributed by atoms with Gasteiger partial charge in [0.25, 0.3) is 0 Å². The van der Waals surface area contributed by atoms with Gasteiger partial charge in [-0.1, -0.05) is 11.8 Å². The monoisotopic (exact) mass is 283 g/mol. The van der Waals surface area contributed by atoms with Crippen molar-refractivity contribution in [1.82, 2.24) is 25.8 Å². The number of nitrogens with one attached hydrogen (secondary N) is 3. The number of aromatic nitrogens is 3. The van der Waals surface area contributed by atoms with Crippen molar-refractivity contribution in [3.8, 4) is 0 Å². The molecule has 19 heavy (non-hydrogen) atoms. The van der Waals surface area contributed by atoms with Crippen LogP contribution < -0.4 is 10.6 Å². The third kappa shape index (κ3) is 3.95. The van der Waals surface area contributed by atoms with E-state index in [0.29, 0.717) is 17.6 Å². The largest absolute Gasteiger partial charge is 0.338 e. The van der Waals surface area contributed by atoms with Crippen LogP contribution in [0.25, 0.3) is 0 Å². The summed E-state index contributed by atoms with van der Waals surface area (Å²) in [5.41, 5.74) is 0. The number of urea groups is 1. The summed E-state index contributed by atoms with van der Waals surface area (Å²) in [6, 6.07) is -0.478. The van der Waals surface area contributed by atoms with E-state index in [-0.39, 0.29) is 5.91 Å². The lowest BCUT2D eigenvalue weighted by atomic mass is 10.4. The lowest BCUT2D eigenvalue weighted by molar-refractivity contribution is -0.119. The fraction of sp³-hybridized carbons (Fsp3) is 0.636. The predicted octanol–water partition coefficient (Wildman–Crippen LogP) is 1.01. The van der Waals surface area contributed by atoms with E-state index >= 15 is 0 Å². The molecule has 1 aromatic rings. The molecule has 0 aromatic carbocycles. The van der Waals surface area contributed by atoms with Crippen LogP contribution in [0.2, 0.25) is 0 Å². The lowest BCUT2D eigenvalue weighted by Gasteiger charge is -2.09. The number of amides is 3. The molecule has 1 atom stereocenters. The highest BCUT2D eigenvalue weighted by Crippen LogP contribution is 2.38. The van der Waals surface area contributed by atoms with E-state index in [9.17, 15) is 9.59 Å². The molecule has 3 N–H and O–H groups in total. The van der Waals surface area contributed by atoms with Gasteiger partial charge < -0.3 is 5.32 Å². The number of imide groups is 1. The number of carbonyl (C=O) groups excluding carboxylic acids is 2. The van der Waals surface area contributed by atoms with Crippen molar-refractivity contribution in [1.29, 1.82) is 0 Å². The van der Waals surface area contributed by atoms with Gasteiger partial charge in [-0.3, -0.25) is 15.2 Å². The van der Waals surface area contributed by atoms with Crippen LogP contribution >= 0.6 is 11.8 Å². The van der Waals surface area contributed by atoms with Crippen molar-refractivity contribution in [2.75, 3.05) is 6.54 Å². The first kappa shape index (κ1) is 13.9. The van der Waals surface area contributed by atoms with E-state index in [2.05, 4.69) is 25.8 Å². The topological polar surface area (TPSA) is 99.8 Å². The third-order valence-electron chi connectivity index (χ3n) is 2.67. The van der Waals surface area contributed by atoms with Crippen LogP contribution in [-0.2, 0) is 4.79 Å². The lowest BCUT2D eigenvalue weighted by Crippen LogP contribution is -2.42. The average Bonchev–Trinajstić information content (AvgIpc) is 3.10. The Balaban J connectivity index is 1.83. The predicted molar refractivity (Wildman–Crippen MR) is 70.9 cm³/mol. The molecule has 2 rings (SSSR count). The van der Waals surface area contributed by atoms with E-state index in [1.54, 1.807) is 13.8 Å². The molecule has 7 nitrogen and oxygen atoms in total. The molecule has 1 aromatic heterocycles. The minimum atomic E-state index is -0.478. The van der Waals surface area contributed by atoms with Gasteiger partial charge in [0.15, 0.2) is 0 Å². The first-order valence-electron chi connectivity index (χ1n) is 6.27. The minimum absolute atomic E-state index is 0.353.